The molecule has 2 aromatic rings. The first-order valence-electron chi connectivity index (χ1n) is 6.67. The highest BCUT2D eigenvalue weighted by atomic mass is 35.5. The van der Waals surface area contributed by atoms with E-state index >= 15 is 0 Å². The molecule has 0 N–H and O–H groups in total. The van der Waals surface area contributed by atoms with Crippen LogP contribution in [0.4, 0.5) is 0 Å². The summed E-state index contributed by atoms with van der Waals surface area (Å²) in [5, 5.41) is 0.435. The zero-order valence-electron chi connectivity index (χ0n) is 12.5. The average Bonchev–Trinajstić information content (AvgIpc) is 2.37. The van der Waals surface area contributed by atoms with Gasteiger partial charge in [-0.3, -0.25) is 0 Å². The number of aromatic nitrogens is 2. The van der Waals surface area contributed by atoms with Gasteiger partial charge in [-0.25, -0.2) is 4.98 Å². The Hall–Kier alpha value is -1.61. The van der Waals surface area contributed by atoms with Crippen molar-refractivity contribution in [3.63, 3.8) is 0 Å². The molecular weight excluding hydrogens is 272 g/mol. The summed E-state index contributed by atoms with van der Waals surface area (Å²) < 4.78 is 5.96. The largest absolute Gasteiger partial charge is 0.438 e. The second-order valence-corrected chi connectivity index (χ2v) is 5.63. The van der Waals surface area contributed by atoms with Gasteiger partial charge in [0.2, 0.25) is 5.88 Å². The molecule has 0 saturated carbocycles. The fourth-order valence-corrected chi connectivity index (χ4v) is 2.06. The topological polar surface area (TPSA) is 35.0 Å². The molecule has 0 atom stereocenters. The molecule has 0 amide bonds. The minimum Gasteiger partial charge on any atom is -0.438 e. The molecule has 0 bridgehead atoms. The third-order valence-electron chi connectivity index (χ3n) is 3.24. The highest BCUT2D eigenvalue weighted by Gasteiger charge is 2.12. The predicted molar refractivity (Wildman–Crippen MR) is 81.9 cm³/mol. The van der Waals surface area contributed by atoms with Crippen molar-refractivity contribution in [1.82, 2.24) is 9.97 Å². The lowest BCUT2D eigenvalue weighted by Gasteiger charge is -2.14. The number of aryl methyl sites for hydroxylation is 2. The van der Waals surface area contributed by atoms with Crippen LogP contribution in [0.2, 0.25) is 5.15 Å². The quantitative estimate of drug-likeness (QED) is 0.749. The third-order valence-corrected chi connectivity index (χ3v) is 3.61. The highest BCUT2D eigenvalue weighted by Crippen LogP contribution is 2.31. The Morgan fingerprint density at radius 2 is 1.80 bits per heavy atom. The third kappa shape index (κ3) is 3.10. The summed E-state index contributed by atoms with van der Waals surface area (Å²) in [5.74, 6) is 2.39. The molecule has 20 heavy (non-hydrogen) atoms. The monoisotopic (exact) mass is 290 g/mol. The van der Waals surface area contributed by atoms with Gasteiger partial charge in [0.25, 0.3) is 0 Å². The van der Waals surface area contributed by atoms with Crippen LogP contribution >= 0.6 is 11.6 Å². The summed E-state index contributed by atoms with van der Waals surface area (Å²) in [7, 11) is 0. The Kier molecular flexibility index (Phi) is 4.29. The van der Waals surface area contributed by atoms with E-state index in [1.807, 2.05) is 13.8 Å². The van der Waals surface area contributed by atoms with Gasteiger partial charge in [-0.05, 0) is 43.9 Å². The summed E-state index contributed by atoms with van der Waals surface area (Å²) in [6, 6.07) is 6.25. The van der Waals surface area contributed by atoms with Crippen LogP contribution in [0, 0.1) is 20.8 Å². The normalized spacial score (nSPS) is 10.9. The minimum absolute atomic E-state index is 0.435. The van der Waals surface area contributed by atoms with Crippen LogP contribution in [-0.4, -0.2) is 9.97 Å². The smallest absolute Gasteiger partial charge is 0.226 e. The lowest BCUT2D eigenvalue weighted by atomic mass is 10.0. The first-order chi connectivity index (χ1) is 9.38. The number of nitrogens with zero attached hydrogens (tertiary/aromatic N) is 2. The summed E-state index contributed by atoms with van der Waals surface area (Å²) in [6.07, 6.45) is 0. The van der Waals surface area contributed by atoms with Crippen LogP contribution in [-0.2, 0) is 0 Å². The lowest BCUT2D eigenvalue weighted by molar-refractivity contribution is 0.451. The van der Waals surface area contributed by atoms with E-state index in [0.717, 1.165) is 16.9 Å². The molecule has 0 spiro atoms. The molecule has 1 heterocycles. The molecule has 3 nitrogen and oxygen atoms in total. The van der Waals surface area contributed by atoms with E-state index in [0.29, 0.717) is 22.8 Å². The Balaban J connectivity index is 2.42. The summed E-state index contributed by atoms with van der Waals surface area (Å²) in [6.45, 7) is 10.00. The summed E-state index contributed by atoms with van der Waals surface area (Å²) >= 11 is 6.08. The fraction of sp³-hybridized carbons (Fsp3) is 0.375. The zero-order chi connectivity index (χ0) is 14.9. The first kappa shape index (κ1) is 14.8. The van der Waals surface area contributed by atoms with Gasteiger partial charge in [-0.2, -0.15) is 4.98 Å². The van der Waals surface area contributed by atoms with Crippen molar-refractivity contribution < 1.29 is 4.74 Å². The molecular formula is C16H19ClN2O. The molecule has 0 saturated heterocycles. The van der Waals surface area contributed by atoms with Crippen LogP contribution in [0.15, 0.2) is 18.2 Å². The lowest BCUT2D eigenvalue weighted by Crippen LogP contribution is -1.99. The van der Waals surface area contributed by atoms with Crippen LogP contribution in [0.25, 0.3) is 0 Å². The maximum atomic E-state index is 6.08. The average molecular weight is 291 g/mol. The number of hydrogen-bond donors (Lipinski definition) is 0. The molecule has 0 fully saturated rings. The van der Waals surface area contributed by atoms with Gasteiger partial charge in [0, 0.05) is 5.56 Å². The van der Waals surface area contributed by atoms with E-state index in [4.69, 9.17) is 16.3 Å². The molecule has 1 aromatic carbocycles. The maximum Gasteiger partial charge on any atom is 0.226 e. The molecule has 0 aliphatic carbocycles. The van der Waals surface area contributed by atoms with Gasteiger partial charge in [-0.15, -0.1) is 0 Å². The second-order valence-electron chi connectivity index (χ2n) is 5.27. The van der Waals surface area contributed by atoms with Gasteiger partial charge in [0.1, 0.15) is 16.7 Å². The van der Waals surface area contributed by atoms with E-state index in [1.54, 1.807) is 6.92 Å². The molecule has 106 valence electrons. The molecule has 0 radical (unpaired) electrons. The second kappa shape index (κ2) is 5.80. The minimum atomic E-state index is 0.435. The van der Waals surface area contributed by atoms with E-state index in [9.17, 15) is 0 Å². The van der Waals surface area contributed by atoms with Crippen molar-refractivity contribution in [2.45, 2.75) is 40.5 Å². The van der Waals surface area contributed by atoms with Crippen molar-refractivity contribution >= 4 is 11.6 Å². The molecule has 0 aliphatic rings. The SMILES string of the molecule is Cc1nc(Cl)c(C)c(Oc2cc(C(C)C)ccc2C)n1. The van der Waals surface area contributed by atoms with Crippen molar-refractivity contribution in [3.8, 4) is 11.6 Å². The van der Waals surface area contributed by atoms with E-state index in [-0.39, 0.29) is 0 Å². The van der Waals surface area contributed by atoms with E-state index < -0.39 is 0 Å². The Morgan fingerprint density at radius 1 is 1.10 bits per heavy atom. The van der Waals surface area contributed by atoms with Crippen LogP contribution in [0.5, 0.6) is 11.6 Å². The summed E-state index contributed by atoms with van der Waals surface area (Å²) in [4.78, 5) is 8.44. The first-order valence-corrected chi connectivity index (χ1v) is 7.05. The van der Waals surface area contributed by atoms with Gasteiger partial charge in [0.15, 0.2) is 0 Å². The number of benzene rings is 1. The predicted octanol–water partition coefficient (Wildman–Crippen LogP) is 4.97. The molecule has 0 unspecified atom stereocenters. The molecule has 4 heteroatoms. The Morgan fingerprint density at radius 3 is 2.45 bits per heavy atom. The molecule has 0 aliphatic heterocycles. The highest BCUT2D eigenvalue weighted by molar-refractivity contribution is 6.30. The summed E-state index contributed by atoms with van der Waals surface area (Å²) in [5.41, 5.74) is 3.06. The van der Waals surface area contributed by atoms with Crippen molar-refractivity contribution in [2.24, 2.45) is 0 Å². The Bertz CT molecular complexity index is 639. The van der Waals surface area contributed by atoms with Gasteiger partial charge in [0.05, 0.1) is 0 Å². The number of halogens is 1. The van der Waals surface area contributed by atoms with Crippen LogP contribution < -0.4 is 4.74 Å². The standard InChI is InChI=1S/C16H19ClN2O/c1-9(2)13-7-6-10(3)14(8-13)20-16-11(4)15(17)18-12(5)19-16/h6-9H,1-5H3. The van der Waals surface area contributed by atoms with Gasteiger partial charge < -0.3 is 4.74 Å². The van der Waals surface area contributed by atoms with Gasteiger partial charge in [-0.1, -0.05) is 37.6 Å². The van der Waals surface area contributed by atoms with Gasteiger partial charge >= 0.3 is 0 Å². The van der Waals surface area contributed by atoms with E-state index in [2.05, 4.69) is 42.0 Å². The Labute approximate surface area is 125 Å². The van der Waals surface area contributed by atoms with Crippen LogP contribution in [0.1, 0.15) is 42.3 Å². The number of ether oxygens (including phenoxy) is 1. The number of rotatable bonds is 3. The molecule has 1 aromatic heterocycles. The fourth-order valence-electron chi connectivity index (χ4n) is 1.86. The molecule has 2 rings (SSSR count). The van der Waals surface area contributed by atoms with Crippen molar-refractivity contribution in [1.29, 1.82) is 0 Å². The zero-order valence-corrected chi connectivity index (χ0v) is 13.2. The van der Waals surface area contributed by atoms with Crippen LogP contribution in [0.3, 0.4) is 0 Å². The van der Waals surface area contributed by atoms with Crippen molar-refractivity contribution in [3.05, 3.63) is 45.9 Å². The van der Waals surface area contributed by atoms with E-state index in [1.165, 1.54) is 5.56 Å². The van der Waals surface area contributed by atoms with Crippen molar-refractivity contribution in [2.75, 3.05) is 0 Å². The maximum absolute atomic E-state index is 6.08. The number of hydrogen-bond acceptors (Lipinski definition) is 3.